The van der Waals surface area contributed by atoms with E-state index in [1.54, 1.807) is 29.1 Å². The molecule has 0 amide bonds. The number of benzene rings is 2. The van der Waals surface area contributed by atoms with Crippen LogP contribution in [0.1, 0.15) is 15.9 Å². The Morgan fingerprint density at radius 3 is 2.55 bits per heavy atom. The van der Waals surface area contributed by atoms with Gasteiger partial charge >= 0.3 is 0 Å². The number of allylic oxidation sites excluding steroid dienone is 1. The highest BCUT2D eigenvalue weighted by molar-refractivity contribution is 9.10. The summed E-state index contributed by atoms with van der Waals surface area (Å²) in [6, 6.07) is 17.2. The molecule has 3 nitrogen and oxygen atoms in total. The van der Waals surface area contributed by atoms with E-state index in [9.17, 15) is 4.79 Å². The van der Waals surface area contributed by atoms with Crippen LogP contribution in [0, 0.1) is 0 Å². The molecule has 0 unspecified atom stereocenters. The van der Waals surface area contributed by atoms with Crippen LogP contribution in [0.4, 0.5) is 0 Å². The zero-order valence-corrected chi connectivity index (χ0v) is 13.3. The first-order valence-electron chi connectivity index (χ1n) is 6.81. The number of ketones is 1. The van der Waals surface area contributed by atoms with Gasteiger partial charge in [0.15, 0.2) is 5.78 Å². The predicted molar refractivity (Wildman–Crippen MR) is 91.1 cm³/mol. The molecular weight excluding hydrogens is 340 g/mol. The zero-order valence-electron chi connectivity index (χ0n) is 11.7. The van der Waals surface area contributed by atoms with Crippen molar-refractivity contribution in [3.63, 3.8) is 0 Å². The SMILES string of the molecule is O=C(/C=C/c1cnn(-c2ccccc2)c1)c1ccccc1Br. The Bertz CT molecular complexity index is 822. The summed E-state index contributed by atoms with van der Waals surface area (Å²) < 4.78 is 2.58. The minimum atomic E-state index is -0.0417. The second-order valence-electron chi connectivity index (χ2n) is 4.73. The van der Waals surface area contributed by atoms with Gasteiger partial charge in [-0.2, -0.15) is 5.10 Å². The summed E-state index contributed by atoms with van der Waals surface area (Å²) in [5.74, 6) is -0.0417. The molecule has 0 aliphatic rings. The largest absolute Gasteiger partial charge is 0.289 e. The third-order valence-corrected chi connectivity index (χ3v) is 3.88. The summed E-state index contributed by atoms with van der Waals surface area (Å²) in [7, 11) is 0. The molecular formula is C18H13BrN2O. The molecule has 0 aliphatic carbocycles. The number of carbonyl (C=O) groups excluding carboxylic acids is 1. The lowest BCUT2D eigenvalue weighted by Gasteiger charge is -1.99. The number of hydrogen-bond acceptors (Lipinski definition) is 2. The molecule has 108 valence electrons. The molecule has 1 heterocycles. The molecule has 0 spiro atoms. The molecule has 0 N–H and O–H groups in total. The van der Waals surface area contributed by atoms with E-state index in [2.05, 4.69) is 21.0 Å². The quantitative estimate of drug-likeness (QED) is 0.510. The van der Waals surface area contributed by atoms with Gasteiger partial charge in [0.1, 0.15) is 0 Å². The zero-order chi connectivity index (χ0) is 15.4. The van der Waals surface area contributed by atoms with Gasteiger partial charge in [0.25, 0.3) is 0 Å². The lowest BCUT2D eigenvalue weighted by molar-refractivity contribution is 0.104. The van der Waals surface area contributed by atoms with E-state index in [1.165, 1.54) is 0 Å². The minimum Gasteiger partial charge on any atom is -0.289 e. The van der Waals surface area contributed by atoms with Crippen molar-refractivity contribution in [3.8, 4) is 5.69 Å². The van der Waals surface area contributed by atoms with Crippen LogP contribution in [0.5, 0.6) is 0 Å². The Hall–Kier alpha value is -2.46. The van der Waals surface area contributed by atoms with E-state index in [0.717, 1.165) is 15.7 Å². The van der Waals surface area contributed by atoms with Crippen molar-refractivity contribution >= 4 is 27.8 Å². The summed E-state index contributed by atoms with van der Waals surface area (Å²) in [6.45, 7) is 0. The molecule has 0 aliphatic heterocycles. The number of nitrogens with zero attached hydrogens (tertiary/aromatic N) is 2. The molecule has 0 fully saturated rings. The molecule has 0 saturated heterocycles. The van der Waals surface area contributed by atoms with Crippen molar-refractivity contribution in [1.29, 1.82) is 0 Å². The van der Waals surface area contributed by atoms with Crippen molar-refractivity contribution < 1.29 is 4.79 Å². The van der Waals surface area contributed by atoms with Gasteiger partial charge in [-0.25, -0.2) is 4.68 Å². The number of hydrogen-bond donors (Lipinski definition) is 0. The molecule has 4 heteroatoms. The topological polar surface area (TPSA) is 34.9 Å². The molecule has 0 radical (unpaired) electrons. The summed E-state index contributed by atoms with van der Waals surface area (Å²) >= 11 is 3.39. The van der Waals surface area contributed by atoms with Crippen molar-refractivity contribution in [2.45, 2.75) is 0 Å². The monoisotopic (exact) mass is 352 g/mol. The average molecular weight is 353 g/mol. The van der Waals surface area contributed by atoms with Gasteiger partial charge < -0.3 is 0 Å². The maximum Gasteiger partial charge on any atom is 0.186 e. The molecule has 0 atom stereocenters. The number of para-hydroxylation sites is 1. The van der Waals surface area contributed by atoms with E-state index >= 15 is 0 Å². The van der Waals surface area contributed by atoms with Crippen LogP contribution >= 0.6 is 15.9 Å². The third-order valence-electron chi connectivity index (χ3n) is 3.19. The first kappa shape index (κ1) is 14.5. The van der Waals surface area contributed by atoms with Crippen molar-refractivity contribution in [3.05, 3.63) is 88.7 Å². The van der Waals surface area contributed by atoms with Gasteiger partial charge in [0.05, 0.1) is 11.9 Å². The van der Waals surface area contributed by atoms with Crippen LogP contribution in [-0.4, -0.2) is 15.6 Å². The highest BCUT2D eigenvalue weighted by atomic mass is 79.9. The van der Waals surface area contributed by atoms with Crippen LogP contribution in [0.3, 0.4) is 0 Å². The first-order valence-corrected chi connectivity index (χ1v) is 7.60. The highest BCUT2D eigenvalue weighted by Gasteiger charge is 2.05. The molecule has 2 aromatic carbocycles. The molecule has 0 saturated carbocycles. The van der Waals surface area contributed by atoms with Crippen LogP contribution in [0.25, 0.3) is 11.8 Å². The van der Waals surface area contributed by atoms with E-state index in [4.69, 9.17) is 0 Å². The fraction of sp³-hybridized carbons (Fsp3) is 0. The fourth-order valence-corrected chi connectivity index (χ4v) is 2.55. The second-order valence-corrected chi connectivity index (χ2v) is 5.59. The minimum absolute atomic E-state index is 0.0417. The lowest BCUT2D eigenvalue weighted by atomic mass is 10.1. The second kappa shape index (κ2) is 6.54. The average Bonchev–Trinajstić information content (AvgIpc) is 3.03. The van der Waals surface area contributed by atoms with Crippen LogP contribution < -0.4 is 0 Å². The number of halogens is 1. The van der Waals surface area contributed by atoms with Crippen molar-refractivity contribution in [2.75, 3.05) is 0 Å². The van der Waals surface area contributed by atoms with Crippen molar-refractivity contribution in [1.82, 2.24) is 9.78 Å². The summed E-state index contributed by atoms with van der Waals surface area (Å²) in [4.78, 5) is 12.2. The lowest BCUT2D eigenvalue weighted by Crippen LogP contribution is -1.94. The van der Waals surface area contributed by atoms with E-state index in [-0.39, 0.29) is 5.78 Å². The number of rotatable bonds is 4. The van der Waals surface area contributed by atoms with Crippen LogP contribution in [0.15, 0.2) is 77.5 Å². The molecule has 3 rings (SSSR count). The van der Waals surface area contributed by atoms with E-state index < -0.39 is 0 Å². The fourth-order valence-electron chi connectivity index (χ4n) is 2.07. The highest BCUT2D eigenvalue weighted by Crippen LogP contribution is 2.17. The standard InChI is InChI=1S/C18H13BrN2O/c19-17-9-5-4-8-16(17)18(22)11-10-14-12-20-21(13-14)15-6-2-1-3-7-15/h1-13H/b11-10+. The predicted octanol–water partition coefficient (Wildman–Crippen LogP) is 4.53. The normalized spacial score (nSPS) is 11.0. The Labute approximate surface area is 137 Å². The smallest absolute Gasteiger partial charge is 0.186 e. The maximum atomic E-state index is 12.2. The Kier molecular flexibility index (Phi) is 4.30. The molecule has 22 heavy (non-hydrogen) atoms. The van der Waals surface area contributed by atoms with Gasteiger partial charge in [-0.05, 0) is 36.4 Å². The molecule has 1 aromatic heterocycles. The van der Waals surface area contributed by atoms with Crippen LogP contribution in [-0.2, 0) is 0 Å². The summed E-state index contributed by atoms with van der Waals surface area (Å²) in [5, 5.41) is 4.30. The van der Waals surface area contributed by atoms with E-state index in [1.807, 2.05) is 54.7 Å². The number of aromatic nitrogens is 2. The van der Waals surface area contributed by atoms with Crippen LogP contribution in [0.2, 0.25) is 0 Å². The van der Waals surface area contributed by atoms with Gasteiger partial charge in [-0.15, -0.1) is 0 Å². The van der Waals surface area contributed by atoms with Gasteiger partial charge in [0.2, 0.25) is 0 Å². The Morgan fingerprint density at radius 1 is 1.05 bits per heavy atom. The molecule has 0 bridgehead atoms. The molecule has 3 aromatic rings. The van der Waals surface area contributed by atoms with Crippen molar-refractivity contribution in [2.24, 2.45) is 0 Å². The van der Waals surface area contributed by atoms with E-state index in [0.29, 0.717) is 5.56 Å². The Balaban J connectivity index is 1.78. The Morgan fingerprint density at radius 2 is 1.77 bits per heavy atom. The maximum absolute atomic E-state index is 12.2. The summed E-state index contributed by atoms with van der Waals surface area (Å²) in [5.41, 5.74) is 2.51. The van der Waals surface area contributed by atoms with Gasteiger partial charge in [0, 0.05) is 21.8 Å². The van der Waals surface area contributed by atoms with Gasteiger partial charge in [-0.1, -0.05) is 46.3 Å². The third kappa shape index (κ3) is 3.23. The first-order chi connectivity index (χ1) is 10.7. The van der Waals surface area contributed by atoms with Gasteiger partial charge in [-0.3, -0.25) is 4.79 Å². The summed E-state index contributed by atoms with van der Waals surface area (Å²) in [6.07, 6.45) is 6.95. The number of carbonyl (C=O) groups is 1.